The van der Waals surface area contributed by atoms with Crippen molar-refractivity contribution in [3.05, 3.63) is 58.5 Å². The van der Waals surface area contributed by atoms with Gasteiger partial charge in [-0.1, -0.05) is 36.0 Å². The van der Waals surface area contributed by atoms with Crippen LogP contribution in [0.15, 0.2) is 57.9 Å². The summed E-state index contributed by atoms with van der Waals surface area (Å²) in [6.07, 6.45) is 0.716. The molecule has 1 amide bonds. The third-order valence-corrected chi connectivity index (χ3v) is 8.93. The second kappa shape index (κ2) is 9.51. The Morgan fingerprint density at radius 1 is 1.06 bits per heavy atom. The van der Waals surface area contributed by atoms with Gasteiger partial charge in [0.05, 0.1) is 10.6 Å². The molecule has 0 unspecified atom stereocenters. The Morgan fingerprint density at radius 3 is 2.48 bits per heavy atom. The van der Waals surface area contributed by atoms with E-state index in [2.05, 4.69) is 16.3 Å². The van der Waals surface area contributed by atoms with E-state index in [4.69, 9.17) is 0 Å². The average Bonchev–Trinajstić information content (AvgIpc) is 3.43. The van der Waals surface area contributed by atoms with Gasteiger partial charge in [0.2, 0.25) is 15.9 Å². The summed E-state index contributed by atoms with van der Waals surface area (Å²) in [5, 5.41) is 11.2. The molecular weight excluding hydrogens is 454 g/mol. The number of benzene rings is 1. The molecule has 0 bridgehead atoms. The Kier molecular flexibility index (Phi) is 6.75. The van der Waals surface area contributed by atoms with Gasteiger partial charge in [-0.05, 0) is 23.6 Å². The Hall–Kier alpha value is -2.21. The molecule has 0 atom stereocenters. The monoisotopic (exact) mass is 477 g/mol. The van der Waals surface area contributed by atoms with E-state index >= 15 is 0 Å². The van der Waals surface area contributed by atoms with Gasteiger partial charge in [0.1, 0.15) is 5.82 Å². The van der Waals surface area contributed by atoms with Crippen molar-refractivity contribution in [3.63, 3.8) is 0 Å². The molecule has 164 valence electrons. The number of aromatic nitrogens is 3. The minimum Gasteiger partial charge on any atom is -0.339 e. The van der Waals surface area contributed by atoms with Crippen LogP contribution in [-0.4, -0.2) is 70.2 Å². The van der Waals surface area contributed by atoms with E-state index in [0.717, 1.165) is 5.82 Å². The zero-order valence-corrected chi connectivity index (χ0v) is 19.5. The summed E-state index contributed by atoms with van der Waals surface area (Å²) in [4.78, 5) is 15.9. The lowest BCUT2D eigenvalue weighted by Crippen LogP contribution is -2.50. The third-order valence-electron chi connectivity index (χ3n) is 5.13. The summed E-state index contributed by atoms with van der Waals surface area (Å²) < 4.78 is 28.8. The van der Waals surface area contributed by atoms with E-state index in [-0.39, 0.29) is 16.6 Å². The predicted molar refractivity (Wildman–Crippen MR) is 121 cm³/mol. The van der Waals surface area contributed by atoms with Crippen LogP contribution in [0.2, 0.25) is 0 Å². The first-order valence-electron chi connectivity index (χ1n) is 9.81. The Morgan fingerprint density at radius 2 is 1.81 bits per heavy atom. The molecule has 0 saturated carbocycles. The maximum absolute atomic E-state index is 12.7. The van der Waals surface area contributed by atoms with Gasteiger partial charge in [-0.15, -0.1) is 21.5 Å². The fourth-order valence-electron chi connectivity index (χ4n) is 3.33. The number of sulfonamides is 1. The van der Waals surface area contributed by atoms with Crippen LogP contribution < -0.4 is 0 Å². The number of carbonyl (C=O) groups excluding carboxylic acids is 1. The van der Waals surface area contributed by atoms with Gasteiger partial charge in [0, 0.05) is 44.5 Å². The van der Waals surface area contributed by atoms with Gasteiger partial charge < -0.3 is 9.47 Å². The molecule has 0 N–H and O–H groups in total. The summed E-state index contributed by atoms with van der Waals surface area (Å²) >= 11 is 3.03. The van der Waals surface area contributed by atoms with E-state index < -0.39 is 10.0 Å². The summed E-state index contributed by atoms with van der Waals surface area (Å²) in [5.41, 5.74) is 0. The highest BCUT2D eigenvalue weighted by Gasteiger charge is 2.30. The largest absolute Gasteiger partial charge is 0.339 e. The van der Waals surface area contributed by atoms with Crippen LogP contribution in [0.25, 0.3) is 0 Å². The molecule has 31 heavy (non-hydrogen) atoms. The molecule has 1 fully saturated rings. The highest BCUT2D eigenvalue weighted by Crippen LogP contribution is 2.21. The number of hydrogen-bond acceptors (Lipinski definition) is 7. The molecule has 0 spiro atoms. The number of thioether (sulfide) groups is 1. The third kappa shape index (κ3) is 5.00. The summed E-state index contributed by atoms with van der Waals surface area (Å²) in [5.74, 6) is 1.08. The van der Waals surface area contributed by atoms with Crippen molar-refractivity contribution in [1.29, 1.82) is 0 Å². The van der Waals surface area contributed by atoms with Gasteiger partial charge in [-0.25, -0.2) is 8.42 Å². The van der Waals surface area contributed by atoms with Crippen molar-refractivity contribution in [2.75, 3.05) is 31.9 Å². The zero-order valence-electron chi connectivity index (χ0n) is 17.0. The van der Waals surface area contributed by atoms with E-state index in [9.17, 15) is 13.2 Å². The molecule has 0 radical (unpaired) electrons. The van der Waals surface area contributed by atoms with Gasteiger partial charge in [-0.2, -0.15) is 4.31 Å². The summed E-state index contributed by atoms with van der Waals surface area (Å²) in [6.45, 7) is 1.35. The molecule has 1 aliphatic heterocycles. The number of rotatable bonds is 7. The van der Waals surface area contributed by atoms with Crippen molar-refractivity contribution in [2.24, 2.45) is 7.05 Å². The zero-order chi connectivity index (χ0) is 21.8. The molecule has 8 nitrogen and oxygen atoms in total. The molecule has 3 heterocycles. The Labute approximate surface area is 189 Å². The van der Waals surface area contributed by atoms with Crippen LogP contribution in [0.3, 0.4) is 0 Å². The molecule has 11 heteroatoms. The summed E-state index contributed by atoms with van der Waals surface area (Å²) in [7, 11) is -1.62. The minimum absolute atomic E-state index is 0.0236. The molecule has 3 aromatic rings. The van der Waals surface area contributed by atoms with Crippen LogP contribution in [0.1, 0.15) is 10.7 Å². The first-order chi connectivity index (χ1) is 14.9. The topological polar surface area (TPSA) is 88.4 Å². The highest BCUT2D eigenvalue weighted by atomic mass is 32.2. The Balaban J connectivity index is 1.29. The van der Waals surface area contributed by atoms with Crippen LogP contribution >= 0.6 is 23.1 Å². The van der Waals surface area contributed by atoms with Crippen molar-refractivity contribution < 1.29 is 13.2 Å². The molecule has 1 aromatic carbocycles. The lowest BCUT2D eigenvalue weighted by atomic mass is 10.3. The fraction of sp³-hybridized carbons (Fsp3) is 0.350. The predicted octanol–water partition coefficient (Wildman–Crippen LogP) is 2.09. The van der Waals surface area contributed by atoms with Crippen LogP contribution in [0.4, 0.5) is 0 Å². The van der Waals surface area contributed by atoms with E-state index in [1.165, 1.54) is 20.9 Å². The number of amides is 1. The number of carbonyl (C=O) groups is 1. The first-order valence-corrected chi connectivity index (χ1v) is 13.1. The molecule has 4 rings (SSSR count). The second-order valence-corrected chi connectivity index (χ2v) is 11.0. The van der Waals surface area contributed by atoms with Crippen LogP contribution in [0.5, 0.6) is 0 Å². The highest BCUT2D eigenvalue weighted by molar-refractivity contribution is 7.99. The number of nitrogens with zero attached hydrogens (tertiary/aromatic N) is 5. The maximum atomic E-state index is 12.7. The molecule has 1 aliphatic rings. The smallest absolute Gasteiger partial charge is 0.243 e. The first kappa shape index (κ1) is 22.0. The number of hydrogen-bond donors (Lipinski definition) is 0. The molecule has 1 saturated heterocycles. The number of piperazine rings is 1. The van der Waals surface area contributed by atoms with Crippen LogP contribution in [0, 0.1) is 0 Å². The lowest BCUT2D eigenvalue weighted by molar-refractivity contribution is -0.129. The standard InChI is InChI=1S/C20H23N5O3S3/c1-23-18(14-16-6-5-13-29-16)21-22-20(23)30-15-19(26)24-9-11-25(12-10-24)31(27,28)17-7-3-2-4-8-17/h2-8,13H,9-12,14-15H2,1H3. The number of thiophene rings is 1. The van der Waals surface area contributed by atoms with Crippen molar-refractivity contribution in [3.8, 4) is 0 Å². The Bertz CT molecular complexity index is 1120. The van der Waals surface area contributed by atoms with E-state index in [1.807, 2.05) is 23.1 Å². The maximum Gasteiger partial charge on any atom is 0.243 e. The second-order valence-electron chi connectivity index (χ2n) is 7.10. The van der Waals surface area contributed by atoms with E-state index in [1.54, 1.807) is 46.6 Å². The summed E-state index contributed by atoms with van der Waals surface area (Å²) in [6, 6.07) is 12.5. The van der Waals surface area contributed by atoms with Gasteiger partial charge >= 0.3 is 0 Å². The van der Waals surface area contributed by atoms with Crippen LogP contribution in [-0.2, 0) is 28.3 Å². The normalized spacial score (nSPS) is 15.3. The quantitative estimate of drug-likeness (QED) is 0.484. The fourth-order valence-corrected chi connectivity index (χ4v) is 6.31. The minimum atomic E-state index is -3.52. The molecular formula is C20H23N5O3S3. The van der Waals surface area contributed by atoms with Crippen molar-refractivity contribution >= 4 is 39.0 Å². The molecule has 0 aliphatic carbocycles. The lowest BCUT2D eigenvalue weighted by Gasteiger charge is -2.34. The van der Waals surface area contributed by atoms with Gasteiger partial charge in [0.25, 0.3) is 0 Å². The average molecular weight is 478 g/mol. The van der Waals surface area contributed by atoms with Gasteiger partial charge in [-0.3, -0.25) is 4.79 Å². The molecule has 2 aromatic heterocycles. The van der Waals surface area contributed by atoms with Crippen molar-refractivity contribution in [1.82, 2.24) is 24.0 Å². The van der Waals surface area contributed by atoms with Gasteiger partial charge in [0.15, 0.2) is 5.16 Å². The van der Waals surface area contributed by atoms with Crippen molar-refractivity contribution in [2.45, 2.75) is 16.5 Å². The SMILES string of the molecule is Cn1c(Cc2cccs2)nnc1SCC(=O)N1CCN(S(=O)(=O)c2ccccc2)CC1. The van der Waals surface area contributed by atoms with E-state index in [0.29, 0.717) is 37.8 Å².